The van der Waals surface area contributed by atoms with Crippen molar-refractivity contribution in [1.82, 2.24) is 14.3 Å². The van der Waals surface area contributed by atoms with E-state index in [2.05, 4.69) is 4.98 Å². The van der Waals surface area contributed by atoms with Gasteiger partial charge in [-0.25, -0.2) is 17.8 Å². The van der Waals surface area contributed by atoms with Crippen LogP contribution in [0.5, 0.6) is 5.75 Å². The number of ether oxygens (including phenoxy) is 1. The summed E-state index contributed by atoms with van der Waals surface area (Å²) in [4.78, 5) is 24.4. The third-order valence-electron chi connectivity index (χ3n) is 6.40. The molecule has 0 bridgehead atoms. The summed E-state index contributed by atoms with van der Waals surface area (Å²) in [6.45, 7) is 0.708. The Labute approximate surface area is 218 Å². The van der Waals surface area contributed by atoms with Crippen molar-refractivity contribution in [2.45, 2.75) is 24.3 Å². The summed E-state index contributed by atoms with van der Waals surface area (Å²) < 4.78 is 46.9. The van der Waals surface area contributed by atoms with Gasteiger partial charge in [0.15, 0.2) is 5.13 Å². The third kappa shape index (κ3) is 5.34. The van der Waals surface area contributed by atoms with Crippen molar-refractivity contribution < 1.29 is 22.3 Å². The van der Waals surface area contributed by atoms with Gasteiger partial charge in [0.2, 0.25) is 15.9 Å². The standard InChI is InChI=1S/C26H25FN4O4S2/c1-35-21-6-9-24-23(15-21)29-26(36-24)31(17-18-3-2-12-28-16-18)25(32)19-10-13-30(14-11-19)37(33,34)22-7-4-20(27)5-8-22/h2-9,12,15-16,19H,10-11,13-14,17H2,1H3. The van der Waals surface area contributed by atoms with Gasteiger partial charge in [0.1, 0.15) is 11.6 Å². The summed E-state index contributed by atoms with van der Waals surface area (Å²) in [6.07, 6.45) is 4.15. The molecule has 0 unspecified atom stereocenters. The lowest BCUT2D eigenvalue weighted by molar-refractivity contribution is -0.123. The highest BCUT2D eigenvalue weighted by molar-refractivity contribution is 7.89. The van der Waals surface area contributed by atoms with Crippen LogP contribution in [0.1, 0.15) is 18.4 Å². The SMILES string of the molecule is COc1ccc2sc(N(Cc3cccnc3)C(=O)C3CCN(S(=O)(=O)c4ccc(F)cc4)CC3)nc2c1. The molecule has 2 aromatic carbocycles. The van der Waals surface area contributed by atoms with Crippen molar-refractivity contribution in [3.8, 4) is 5.75 Å². The largest absolute Gasteiger partial charge is 0.497 e. The Morgan fingerprint density at radius 3 is 2.59 bits per heavy atom. The number of carbonyl (C=O) groups is 1. The molecule has 1 aliphatic rings. The van der Waals surface area contributed by atoms with Gasteiger partial charge in [-0.2, -0.15) is 4.31 Å². The number of fused-ring (bicyclic) bond motifs is 1. The maximum Gasteiger partial charge on any atom is 0.243 e. The summed E-state index contributed by atoms with van der Waals surface area (Å²) in [5.41, 5.74) is 1.60. The normalized spacial score (nSPS) is 15.1. The molecule has 3 heterocycles. The van der Waals surface area contributed by atoms with Gasteiger partial charge in [-0.15, -0.1) is 0 Å². The van der Waals surface area contributed by atoms with Crippen LogP contribution in [-0.4, -0.2) is 48.8 Å². The lowest BCUT2D eigenvalue weighted by atomic mass is 9.96. The smallest absolute Gasteiger partial charge is 0.243 e. The van der Waals surface area contributed by atoms with Gasteiger partial charge >= 0.3 is 0 Å². The molecule has 2 aromatic heterocycles. The number of benzene rings is 2. The lowest BCUT2D eigenvalue weighted by Crippen LogP contribution is -2.44. The predicted molar refractivity (Wildman–Crippen MR) is 139 cm³/mol. The molecular formula is C26H25FN4O4S2. The van der Waals surface area contributed by atoms with E-state index in [1.165, 1.54) is 27.8 Å². The molecule has 0 spiro atoms. The molecule has 0 aliphatic carbocycles. The number of carbonyl (C=O) groups excluding carboxylic acids is 1. The minimum Gasteiger partial charge on any atom is -0.497 e. The first-order valence-electron chi connectivity index (χ1n) is 11.8. The van der Waals surface area contributed by atoms with Crippen molar-refractivity contribution in [1.29, 1.82) is 0 Å². The van der Waals surface area contributed by atoms with Crippen LogP contribution in [0.2, 0.25) is 0 Å². The molecule has 1 amide bonds. The molecule has 0 radical (unpaired) electrons. The summed E-state index contributed by atoms with van der Waals surface area (Å²) in [7, 11) is -2.17. The summed E-state index contributed by atoms with van der Waals surface area (Å²) >= 11 is 1.42. The Kier molecular flexibility index (Phi) is 7.18. The molecule has 8 nitrogen and oxygen atoms in total. The number of pyridine rings is 1. The van der Waals surface area contributed by atoms with Crippen LogP contribution >= 0.6 is 11.3 Å². The molecular weight excluding hydrogens is 515 g/mol. The van der Waals surface area contributed by atoms with Gasteiger partial charge < -0.3 is 4.74 Å². The van der Waals surface area contributed by atoms with E-state index in [-0.39, 0.29) is 29.8 Å². The summed E-state index contributed by atoms with van der Waals surface area (Å²) in [6, 6.07) is 14.1. The second-order valence-corrected chi connectivity index (χ2v) is 11.7. The minimum absolute atomic E-state index is 0.0433. The van der Waals surface area contributed by atoms with Crippen molar-refractivity contribution in [2.75, 3.05) is 25.1 Å². The van der Waals surface area contributed by atoms with Crippen LogP contribution in [0, 0.1) is 11.7 Å². The number of thiazole rings is 1. The van der Waals surface area contributed by atoms with Gasteiger partial charge in [0, 0.05) is 37.5 Å². The highest BCUT2D eigenvalue weighted by Gasteiger charge is 2.35. The fourth-order valence-corrected chi connectivity index (χ4v) is 6.79. The first-order valence-corrected chi connectivity index (χ1v) is 14.0. The van der Waals surface area contributed by atoms with Gasteiger partial charge in [0.05, 0.1) is 28.8 Å². The van der Waals surface area contributed by atoms with Crippen molar-refractivity contribution >= 4 is 42.6 Å². The van der Waals surface area contributed by atoms with Gasteiger partial charge in [0.25, 0.3) is 0 Å². The van der Waals surface area contributed by atoms with Crippen LogP contribution in [0.4, 0.5) is 9.52 Å². The number of hydrogen-bond acceptors (Lipinski definition) is 7. The number of aromatic nitrogens is 2. The molecule has 1 fully saturated rings. The van der Waals surface area contributed by atoms with E-state index < -0.39 is 15.8 Å². The van der Waals surface area contributed by atoms with Gasteiger partial charge in [-0.05, 0) is 60.9 Å². The first-order chi connectivity index (χ1) is 17.8. The van der Waals surface area contributed by atoms with Crippen LogP contribution < -0.4 is 9.64 Å². The van der Waals surface area contributed by atoms with E-state index >= 15 is 0 Å². The fraction of sp³-hybridized carbons (Fsp3) is 0.269. The van der Waals surface area contributed by atoms with E-state index in [0.29, 0.717) is 30.3 Å². The number of halogens is 1. The van der Waals surface area contributed by atoms with Gasteiger partial charge in [-0.1, -0.05) is 17.4 Å². The third-order valence-corrected chi connectivity index (χ3v) is 9.37. The number of sulfonamides is 1. The van der Waals surface area contributed by atoms with Crippen molar-refractivity contribution in [3.05, 3.63) is 78.4 Å². The van der Waals surface area contributed by atoms with E-state index in [9.17, 15) is 17.6 Å². The topological polar surface area (TPSA) is 92.7 Å². The Balaban J connectivity index is 1.37. The quantitative estimate of drug-likeness (QED) is 0.343. The number of rotatable bonds is 7. The molecule has 192 valence electrons. The molecule has 0 atom stereocenters. The maximum absolute atomic E-state index is 13.8. The second-order valence-electron chi connectivity index (χ2n) is 8.75. The molecule has 1 aliphatic heterocycles. The van der Waals surface area contributed by atoms with Crippen LogP contribution in [0.3, 0.4) is 0 Å². The Hall–Kier alpha value is -3.41. The second kappa shape index (κ2) is 10.5. The molecule has 0 N–H and O–H groups in total. The number of anilines is 1. The monoisotopic (exact) mass is 540 g/mol. The highest BCUT2D eigenvalue weighted by atomic mass is 32.2. The van der Waals surface area contributed by atoms with Crippen LogP contribution in [-0.2, 0) is 21.4 Å². The number of hydrogen-bond donors (Lipinski definition) is 0. The average molecular weight is 541 g/mol. The Morgan fingerprint density at radius 1 is 1.16 bits per heavy atom. The van der Waals surface area contributed by atoms with Crippen molar-refractivity contribution in [3.63, 3.8) is 0 Å². The van der Waals surface area contributed by atoms with E-state index in [1.807, 2.05) is 30.3 Å². The number of nitrogens with zero attached hydrogens (tertiary/aromatic N) is 4. The summed E-state index contributed by atoms with van der Waals surface area (Å²) in [5.74, 6) is -0.277. The van der Waals surface area contributed by atoms with Gasteiger partial charge in [-0.3, -0.25) is 14.7 Å². The first kappa shape index (κ1) is 25.2. The molecule has 0 saturated carbocycles. The molecule has 37 heavy (non-hydrogen) atoms. The molecule has 11 heteroatoms. The molecule has 5 rings (SSSR count). The molecule has 4 aromatic rings. The summed E-state index contributed by atoms with van der Waals surface area (Å²) in [5, 5.41) is 0.568. The number of methoxy groups -OCH3 is 1. The van der Waals surface area contributed by atoms with E-state index in [4.69, 9.17) is 9.72 Å². The van der Waals surface area contributed by atoms with E-state index in [1.54, 1.807) is 24.4 Å². The zero-order valence-electron chi connectivity index (χ0n) is 20.1. The van der Waals surface area contributed by atoms with Crippen LogP contribution in [0.15, 0.2) is 71.9 Å². The predicted octanol–water partition coefficient (Wildman–Crippen LogP) is 4.47. The Bertz CT molecular complexity index is 1500. The van der Waals surface area contributed by atoms with E-state index in [0.717, 1.165) is 27.9 Å². The number of piperidine rings is 1. The highest BCUT2D eigenvalue weighted by Crippen LogP contribution is 2.34. The maximum atomic E-state index is 13.8. The van der Waals surface area contributed by atoms with Crippen molar-refractivity contribution in [2.24, 2.45) is 5.92 Å². The minimum atomic E-state index is -3.76. The average Bonchev–Trinajstić information content (AvgIpc) is 3.35. The zero-order chi connectivity index (χ0) is 26.0. The molecule has 1 saturated heterocycles. The number of amides is 1. The fourth-order valence-electron chi connectivity index (χ4n) is 4.37. The van der Waals surface area contributed by atoms with Crippen LogP contribution in [0.25, 0.3) is 10.2 Å². The Morgan fingerprint density at radius 2 is 1.92 bits per heavy atom. The lowest BCUT2D eigenvalue weighted by Gasteiger charge is -2.33. The zero-order valence-corrected chi connectivity index (χ0v) is 21.7.